The molecule has 0 saturated carbocycles. The van der Waals surface area contributed by atoms with Crippen molar-refractivity contribution in [3.63, 3.8) is 0 Å². The van der Waals surface area contributed by atoms with Crippen molar-refractivity contribution >= 4 is 35.8 Å². The van der Waals surface area contributed by atoms with Crippen LogP contribution in [-0.4, -0.2) is 46.4 Å². The maximum absolute atomic E-state index is 14.1. The maximum atomic E-state index is 14.1. The van der Waals surface area contributed by atoms with E-state index < -0.39 is 0 Å². The molecule has 0 bridgehead atoms. The summed E-state index contributed by atoms with van der Waals surface area (Å²) < 4.78 is 16.0. The van der Waals surface area contributed by atoms with Crippen molar-refractivity contribution in [1.29, 1.82) is 0 Å². The average molecular weight is 549 g/mol. The SMILES string of the molecule is CCNC(=NCc1ccccc1Cn1cccn1)NC1CCN(c2ncccc2F)C1.I. The van der Waals surface area contributed by atoms with Crippen LogP contribution in [-0.2, 0) is 13.1 Å². The van der Waals surface area contributed by atoms with Crippen molar-refractivity contribution in [2.45, 2.75) is 32.5 Å². The molecule has 32 heavy (non-hydrogen) atoms. The van der Waals surface area contributed by atoms with Crippen molar-refractivity contribution in [1.82, 2.24) is 25.4 Å². The fraction of sp³-hybridized carbons (Fsp3) is 0.348. The summed E-state index contributed by atoms with van der Waals surface area (Å²) in [5.74, 6) is 0.906. The van der Waals surface area contributed by atoms with Gasteiger partial charge in [0.25, 0.3) is 0 Å². The lowest BCUT2D eigenvalue weighted by molar-refractivity contribution is 0.612. The Hall–Kier alpha value is -2.69. The first kappa shape index (κ1) is 24.0. The molecule has 0 radical (unpaired) electrons. The molecule has 3 aromatic rings. The van der Waals surface area contributed by atoms with Crippen LogP contribution < -0.4 is 15.5 Å². The molecule has 2 N–H and O–H groups in total. The Kier molecular flexibility index (Phi) is 8.83. The summed E-state index contributed by atoms with van der Waals surface area (Å²) in [6.45, 7) is 5.55. The molecule has 0 aliphatic carbocycles. The predicted molar refractivity (Wildman–Crippen MR) is 136 cm³/mol. The number of nitrogens with one attached hydrogen (secondary N) is 2. The summed E-state index contributed by atoms with van der Waals surface area (Å²) in [6, 6.07) is 13.5. The zero-order chi connectivity index (χ0) is 21.5. The van der Waals surface area contributed by atoms with Crippen LogP contribution in [0.5, 0.6) is 0 Å². The second kappa shape index (κ2) is 11.8. The lowest BCUT2D eigenvalue weighted by Gasteiger charge is -2.20. The van der Waals surface area contributed by atoms with Gasteiger partial charge in [0.2, 0.25) is 0 Å². The molecule has 2 aromatic heterocycles. The molecular weight excluding hydrogens is 520 g/mol. The molecule has 1 atom stereocenters. The summed E-state index contributed by atoms with van der Waals surface area (Å²) in [7, 11) is 0. The lowest BCUT2D eigenvalue weighted by Crippen LogP contribution is -2.44. The van der Waals surface area contributed by atoms with Gasteiger partial charge in [-0.25, -0.2) is 14.4 Å². The number of aliphatic imine (C=N–C) groups is 1. The van der Waals surface area contributed by atoms with E-state index in [1.165, 1.54) is 17.2 Å². The average Bonchev–Trinajstić information content (AvgIpc) is 3.46. The summed E-state index contributed by atoms with van der Waals surface area (Å²) in [5, 5.41) is 11.1. The smallest absolute Gasteiger partial charge is 0.191 e. The zero-order valence-corrected chi connectivity index (χ0v) is 20.4. The van der Waals surface area contributed by atoms with E-state index in [-0.39, 0.29) is 35.8 Å². The Morgan fingerprint density at radius 1 is 1.16 bits per heavy atom. The molecule has 1 saturated heterocycles. The van der Waals surface area contributed by atoms with Gasteiger partial charge in [0, 0.05) is 44.3 Å². The van der Waals surface area contributed by atoms with E-state index >= 15 is 0 Å². The molecule has 7 nitrogen and oxygen atoms in total. The molecule has 1 aromatic carbocycles. The van der Waals surface area contributed by atoms with Crippen LogP contribution in [0.15, 0.2) is 66.0 Å². The van der Waals surface area contributed by atoms with Gasteiger partial charge in [-0.3, -0.25) is 4.68 Å². The second-order valence-corrected chi connectivity index (χ2v) is 7.55. The molecule has 3 heterocycles. The van der Waals surface area contributed by atoms with E-state index in [0.717, 1.165) is 32.0 Å². The zero-order valence-electron chi connectivity index (χ0n) is 18.1. The minimum atomic E-state index is -0.280. The Bertz CT molecular complexity index is 1010. The third-order valence-electron chi connectivity index (χ3n) is 5.33. The molecule has 0 amide bonds. The Labute approximate surface area is 205 Å². The molecule has 1 aliphatic heterocycles. The van der Waals surface area contributed by atoms with E-state index in [9.17, 15) is 4.39 Å². The van der Waals surface area contributed by atoms with Crippen LogP contribution >= 0.6 is 24.0 Å². The van der Waals surface area contributed by atoms with Crippen LogP contribution in [0.25, 0.3) is 0 Å². The first-order valence-corrected chi connectivity index (χ1v) is 10.7. The van der Waals surface area contributed by atoms with Gasteiger partial charge in [-0.2, -0.15) is 5.10 Å². The summed E-state index contributed by atoms with van der Waals surface area (Å²) in [6.07, 6.45) is 6.28. The van der Waals surface area contributed by atoms with Crippen LogP contribution in [0.2, 0.25) is 0 Å². The van der Waals surface area contributed by atoms with Gasteiger partial charge < -0.3 is 15.5 Å². The molecule has 170 valence electrons. The highest BCUT2D eigenvalue weighted by molar-refractivity contribution is 14.0. The third-order valence-corrected chi connectivity index (χ3v) is 5.33. The minimum Gasteiger partial charge on any atom is -0.357 e. The first-order chi connectivity index (χ1) is 15.2. The molecular formula is C23H29FIN7. The van der Waals surface area contributed by atoms with Crippen molar-refractivity contribution in [3.8, 4) is 0 Å². The fourth-order valence-corrected chi connectivity index (χ4v) is 3.79. The van der Waals surface area contributed by atoms with Crippen LogP contribution in [0.1, 0.15) is 24.5 Å². The summed E-state index contributed by atoms with van der Waals surface area (Å²) >= 11 is 0. The summed E-state index contributed by atoms with van der Waals surface area (Å²) in [5.41, 5.74) is 2.36. The normalized spacial score (nSPS) is 16.0. The van der Waals surface area contributed by atoms with E-state index in [4.69, 9.17) is 4.99 Å². The van der Waals surface area contributed by atoms with Gasteiger partial charge in [-0.05, 0) is 42.7 Å². The van der Waals surface area contributed by atoms with Gasteiger partial charge in [0.15, 0.2) is 17.6 Å². The summed E-state index contributed by atoms with van der Waals surface area (Å²) in [4.78, 5) is 11.0. The predicted octanol–water partition coefficient (Wildman–Crippen LogP) is 3.42. The van der Waals surface area contributed by atoms with E-state index in [1.807, 2.05) is 40.9 Å². The molecule has 1 unspecified atom stereocenters. The fourth-order valence-electron chi connectivity index (χ4n) is 3.79. The van der Waals surface area contributed by atoms with Crippen LogP contribution in [0.4, 0.5) is 10.2 Å². The van der Waals surface area contributed by atoms with Crippen molar-refractivity contribution in [2.24, 2.45) is 4.99 Å². The Balaban J connectivity index is 0.00000289. The van der Waals surface area contributed by atoms with Crippen LogP contribution in [0, 0.1) is 5.82 Å². The highest BCUT2D eigenvalue weighted by Crippen LogP contribution is 2.20. The highest BCUT2D eigenvalue weighted by Gasteiger charge is 2.25. The van der Waals surface area contributed by atoms with Gasteiger partial charge in [0.1, 0.15) is 0 Å². The number of nitrogens with zero attached hydrogens (tertiary/aromatic N) is 5. The molecule has 4 rings (SSSR count). The number of anilines is 1. The number of hydrogen-bond acceptors (Lipinski definition) is 4. The van der Waals surface area contributed by atoms with Crippen molar-refractivity contribution < 1.29 is 4.39 Å². The maximum Gasteiger partial charge on any atom is 0.191 e. The second-order valence-electron chi connectivity index (χ2n) is 7.55. The first-order valence-electron chi connectivity index (χ1n) is 10.7. The topological polar surface area (TPSA) is 70.4 Å². The van der Waals surface area contributed by atoms with Gasteiger partial charge in [-0.15, -0.1) is 24.0 Å². The quantitative estimate of drug-likeness (QED) is 0.269. The number of guanidine groups is 1. The van der Waals surface area contributed by atoms with Crippen molar-refractivity contribution in [2.75, 3.05) is 24.5 Å². The van der Waals surface area contributed by atoms with Gasteiger partial charge in [0.05, 0.1) is 13.1 Å². The number of hydrogen-bond donors (Lipinski definition) is 2. The Morgan fingerprint density at radius 3 is 2.75 bits per heavy atom. The standard InChI is InChI=1S/C23H28FN7.HI/c1-2-25-23(29-20-10-14-30(17-20)22-21(24)9-5-11-26-22)27-15-18-7-3-4-8-19(18)16-31-13-6-12-28-31;/h3-9,11-13,20H,2,10,14-17H2,1H3,(H2,25,27,29);1H. The molecule has 1 fully saturated rings. The van der Waals surface area contributed by atoms with Crippen molar-refractivity contribution in [3.05, 3.63) is 78.0 Å². The molecule has 0 spiro atoms. The third kappa shape index (κ3) is 6.18. The number of rotatable bonds is 7. The van der Waals surface area contributed by atoms with Gasteiger partial charge >= 0.3 is 0 Å². The number of benzene rings is 1. The van der Waals surface area contributed by atoms with Gasteiger partial charge in [-0.1, -0.05) is 24.3 Å². The van der Waals surface area contributed by atoms with E-state index in [2.05, 4.69) is 32.8 Å². The highest BCUT2D eigenvalue weighted by atomic mass is 127. The van der Waals surface area contributed by atoms with E-state index in [1.54, 1.807) is 18.5 Å². The monoisotopic (exact) mass is 549 g/mol. The van der Waals surface area contributed by atoms with Crippen LogP contribution in [0.3, 0.4) is 0 Å². The molecule has 9 heteroatoms. The minimum absolute atomic E-state index is 0. The lowest BCUT2D eigenvalue weighted by atomic mass is 10.1. The molecule has 1 aliphatic rings. The Morgan fingerprint density at radius 2 is 2.00 bits per heavy atom. The number of aromatic nitrogens is 3. The van der Waals surface area contributed by atoms with E-state index in [0.29, 0.717) is 18.9 Å². The largest absolute Gasteiger partial charge is 0.357 e. The number of pyridine rings is 1. The number of halogens is 2.